The minimum Gasteiger partial charge on any atom is -0.310 e. The lowest BCUT2D eigenvalue weighted by Gasteiger charge is -2.35. The van der Waals surface area contributed by atoms with Gasteiger partial charge in [-0.3, -0.25) is 0 Å². The molecule has 11 rings (SSSR count). The Hall–Kier alpha value is -6.00. The molecule has 0 radical (unpaired) electrons. The molecule has 8 aromatic carbocycles. The van der Waals surface area contributed by atoms with Gasteiger partial charge in [0.15, 0.2) is 0 Å². The van der Waals surface area contributed by atoms with Crippen LogP contribution in [0.4, 0.5) is 17.1 Å². The van der Waals surface area contributed by atoms with E-state index < -0.39 is 5.41 Å². The highest BCUT2D eigenvalue weighted by Gasteiger charge is 2.49. The summed E-state index contributed by atoms with van der Waals surface area (Å²) in [5.41, 5.74) is 13.6. The molecule has 0 aliphatic heterocycles. The molecule has 0 fully saturated rings. The summed E-state index contributed by atoms with van der Waals surface area (Å²) in [4.78, 5) is 2.54. The fourth-order valence-electron chi connectivity index (χ4n) is 9.91. The van der Waals surface area contributed by atoms with E-state index in [4.69, 9.17) is 0 Å². The van der Waals surface area contributed by atoms with Crippen molar-refractivity contribution >= 4 is 80.1 Å². The molecule has 3 heteroatoms. The molecule has 60 heavy (non-hydrogen) atoms. The summed E-state index contributed by atoms with van der Waals surface area (Å²) in [5.74, 6) is 0. The van der Waals surface area contributed by atoms with Crippen LogP contribution >= 0.6 is 22.7 Å². The quantitative estimate of drug-likeness (QED) is 0.167. The normalized spacial score (nSPS) is 13.6. The molecule has 0 saturated carbocycles. The molecule has 0 N–H and O–H groups in total. The number of hydrogen-bond donors (Lipinski definition) is 0. The Morgan fingerprint density at radius 2 is 0.883 bits per heavy atom. The predicted molar refractivity (Wildman–Crippen MR) is 262 cm³/mol. The van der Waals surface area contributed by atoms with E-state index in [1.165, 1.54) is 90.5 Å². The molecule has 0 amide bonds. The molecular weight excluding hydrogens is 763 g/mol. The van der Waals surface area contributed by atoms with Crippen molar-refractivity contribution in [2.45, 2.75) is 57.8 Å². The van der Waals surface area contributed by atoms with Gasteiger partial charge in [0.25, 0.3) is 0 Å². The van der Waals surface area contributed by atoms with Crippen molar-refractivity contribution in [1.29, 1.82) is 0 Å². The summed E-state index contributed by atoms with van der Waals surface area (Å²) >= 11 is 3.89. The van der Waals surface area contributed by atoms with Gasteiger partial charge in [0.2, 0.25) is 0 Å². The third-order valence-corrected chi connectivity index (χ3v) is 15.3. The van der Waals surface area contributed by atoms with Crippen molar-refractivity contribution in [3.05, 3.63) is 209 Å². The zero-order chi connectivity index (χ0) is 41.0. The summed E-state index contributed by atoms with van der Waals surface area (Å²) in [6.07, 6.45) is 0. The highest BCUT2D eigenvalue weighted by Crippen LogP contribution is 2.64. The van der Waals surface area contributed by atoms with Crippen LogP contribution in [0.3, 0.4) is 0 Å². The monoisotopic (exact) mass is 809 g/mol. The first-order valence-corrected chi connectivity index (χ1v) is 22.7. The maximum absolute atomic E-state index is 2.59. The highest BCUT2D eigenvalue weighted by atomic mass is 32.1. The third kappa shape index (κ3) is 5.49. The second-order valence-electron chi connectivity index (χ2n) is 18.5. The smallest absolute Gasteiger partial charge is 0.0715 e. The van der Waals surface area contributed by atoms with E-state index in [0.717, 1.165) is 11.4 Å². The lowest BCUT2D eigenvalue weighted by molar-refractivity contribution is 0.590. The van der Waals surface area contributed by atoms with Crippen LogP contribution in [0, 0.1) is 0 Å². The number of benzene rings is 8. The second-order valence-corrected chi connectivity index (χ2v) is 20.6. The molecule has 292 valence electrons. The summed E-state index contributed by atoms with van der Waals surface area (Å²) in [7, 11) is 0. The molecule has 0 atom stereocenters. The van der Waals surface area contributed by atoms with Crippen molar-refractivity contribution in [2.75, 3.05) is 4.90 Å². The van der Waals surface area contributed by atoms with Crippen LogP contribution in [0.25, 0.3) is 51.5 Å². The standard InChI is InChI=1S/C57H47NS2/c1-55(2,3)36-25-29-40(30-26-36)58(41-31-27-37(28-32-41)56(4,5)6)47-35-46-52(54-50(47)44-22-14-16-24-49(44)60-54)51-45(34-33-43-42-21-13-15-23-48(42)59-53(43)51)57(46,38-17-9-7-10-18-38)39-19-11-8-12-20-39/h7-35H,1-6H3. The average Bonchev–Trinajstić information content (AvgIpc) is 3.93. The van der Waals surface area contributed by atoms with Gasteiger partial charge >= 0.3 is 0 Å². The van der Waals surface area contributed by atoms with Gasteiger partial charge in [-0.25, -0.2) is 0 Å². The van der Waals surface area contributed by atoms with Gasteiger partial charge in [0.05, 0.1) is 11.1 Å². The van der Waals surface area contributed by atoms with Crippen molar-refractivity contribution in [1.82, 2.24) is 0 Å². The molecule has 0 saturated heterocycles. The molecule has 0 bridgehead atoms. The first kappa shape index (κ1) is 37.0. The van der Waals surface area contributed by atoms with Gasteiger partial charge in [-0.15, -0.1) is 22.7 Å². The Kier molecular flexibility index (Phi) is 8.34. The van der Waals surface area contributed by atoms with E-state index in [-0.39, 0.29) is 10.8 Å². The van der Waals surface area contributed by atoms with E-state index >= 15 is 0 Å². The van der Waals surface area contributed by atoms with Gasteiger partial charge in [-0.1, -0.05) is 175 Å². The fraction of sp³-hybridized carbons (Fsp3) is 0.158. The van der Waals surface area contributed by atoms with Crippen LogP contribution < -0.4 is 4.90 Å². The Morgan fingerprint density at radius 1 is 0.417 bits per heavy atom. The molecule has 0 spiro atoms. The van der Waals surface area contributed by atoms with Crippen LogP contribution in [0.1, 0.15) is 74.9 Å². The van der Waals surface area contributed by atoms with Crippen molar-refractivity contribution < 1.29 is 0 Å². The minimum atomic E-state index is -0.575. The zero-order valence-electron chi connectivity index (χ0n) is 35.0. The molecule has 2 aromatic heterocycles. The minimum absolute atomic E-state index is 0.0385. The molecular formula is C57H47NS2. The first-order chi connectivity index (χ1) is 29.0. The fourth-order valence-corrected chi connectivity index (χ4v) is 12.4. The van der Waals surface area contributed by atoms with Crippen LogP contribution in [-0.4, -0.2) is 0 Å². The van der Waals surface area contributed by atoms with E-state index in [1.54, 1.807) is 0 Å². The molecule has 2 heterocycles. The lowest BCUT2D eigenvalue weighted by Crippen LogP contribution is -2.28. The van der Waals surface area contributed by atoms with Crippen molar-refractivity contribution in [2.24, 2.45) is 0 Å². The largest absolute Gasteiger partial charge is 0.310 e. The Labute approximate surface area is 361 Å². The van der Waals surface area contributed by atoms with E-state index in [9.17, 15) is 0 Å². The third-order valence-electron chi connectivity index (χ3n) is 12.9. The van der Waals surface area contributed by atoms with Crippen LogP contribution in [-0.2, 0) is 16.2 Å². The Morgan fingerprint density at radius 3 is 1.43 bits per heavy atom. The molecule has 10 aromatic rings. The van der Waals surface area contributed by atoms with Gasteiger partial charge in [0, 0.05) is 62.8 Å². The summed E-state index contributed by atoms with van der Waals surface area (Å²) in [5, 5.41) is 5.25. The highest BCUT2D eigenvalue weighted by molar-refractivity contribution is 7.27. The number of nitrogens with zero attached hydrogens (tertiary/aromatic N) is 1. The Bertz CT molecular complexity index is 3150. The number of hydrogen-bond acceptors (Lipinski definition) is 3. The number of anilines is 3. The first-order valence-electron chi connectivity index (χ1n) is 21.1. The zero-order valence-corrected chi connectivity index (χ0v) is 36.6. The Balaban J connectivity index is 1.33. The second kappa shape index (κ2) is 13.5. The van der Waals surface area contributed by atoms with E-state index in [2.05, 4.69) is 222 Å². The van der Waals surface area contributed by atoms with Gasteiger partial charge in [-0.2, -0.15) is 0 Å². The maximum atomic E-state index is 2.59. The summed E-state index contributed by atoms with van der Waals surface area (Å²) in [6.45, 7) is 13.8. The summed E-state index contributed by atoms with van der Waals surface area (Å²) < 4.78 is 5.33. The van der Waals surface area contributed by atoms with Crippen LogP contribution in [0.5, 0.6) is 0 Å². The molecule has 0 unspecified atom stereocenters. The van der Waals surface area contributed by atoms with Gasteiger partial charge in [-0.05, 0) is 86.7 Å². The van der Waals surface area contributed by atoms with Gasteiger partial charge < -0.3 is 4.90 Å². The maximum Gasteiger partial charge on any atom is 0.0715 e. The predicted octanol–water partition coefficient (Wildman–Crippen LogP) is 16.9. The van der Waals surface area contributed by atoms with Crippen LogP contribution in [0.2, 0.25) is 0 Å². The molecule has 1 aliphatic carbocycles. The van der Waals surface area contributed by atoms with E-state index in [0.29, 0.717) is 0 Å². The number of thiophene rings is 2. The molecule has 1 nitrogen and oxygen atoms in total. The van der Waals surface area contributed by atoms with Crippen molar-refractivity contribution in [3.8, 4) is 11.1 Å². The lowest BCUT2D eigenvalue weighted by atomic mass is 9.67. The topological polar surface area (TPSA) is 3.24 Å². The summed E-state index contributed by atoms with van der Waals surface area (Å²) in [6, 6.07) is 66.7. The van der Waals surface area contributed by atoms with Crippen molar-refractivity contribution in [3.63, 3.8) is 0 Å². The van der Waals surface area contributed by atoms with Gasteiger partial charge in [0.1, 0.15) is 0 Å². The number of rotatable bonds is 5. The number of fused-ring (bicyclic) bond motifs is 11. The van der Waals surface area contributed by atoms with Crippen LogP contribution in [0.15, 0.2) is 176 Å². The average molecular weight is 810 g/mol. The van der Waals surface area contributed by atoms with E-state index in [1.807, 2.05) is 22.7 Å². The molecule has 1 aliphatic rings. The SMILES string of the molecule is CC(C)(C)c1ccc(N(c2ccc(C(C)(C)C)cc2)c2cc3c(c4sc5ccccc5c24)-c2c(ccc4c2sc2ccccc24)C3(c2ccccc2)c2ccccc2)cc1.